The van der Waals surface area contributed by atoms with E-state index < -0.39 is 0 Å². The lowest BCUT2D eigenvalue weighted by atomic mass is 9.92. The number of carbonyl (C=O) groups is 1. The Bertz CT molecular complexity index is 821. The predicted octanol–water partition coefficient (Wildman–Crippen LogP) is 2.39. The zero-order chi connectivity index (χ0) is 19.8. The third-order valence-electron chi connectivity index (χ3n) is 6.82. The van der Waals surface area contributed by atoms with Crippen LogP contribution in [0.3, 0.4) is 0 Å². The molecule has 4 aliphatic heterocycles. The van der Waals surface area contributed by atoms with E-state index in [1.165, 1.54) is 30.5 Å². The molecule has 0 saturated carbocycles. The summed E-state index contributed by atoms with van der Waals surface area (Å²) in [6.45, 7) is 3.59. The van der Waals surface area contributed by atoms with Crippen molar-refractivity contribution in [2.45, 2.75) is 57.1 Å². The van der Waals surface area contributed by atoms with Crippen molar-refractivity contribution >= 4 is 5.91 Å². The highest BCUT2D eigenvalue weighted by Crippen LogP contribution is 2.37. The number of allylic oxidation sites excluding steroid dienone is 1. The van der Waals surface area contributed by atoms with E-state index in [0.717, 1.165) is 26.1 Å². The molecule has 1 aromatic rings. The predicted molar refractivity (Wildman–Crippen MR) is 111 cm³/mol. The van der Waals surface area contributed by atoms with Crippen LogP contribution in [0, 0.1) is 0 Å². The molecule has 0 spiro atoms. The summed E-state index contributed by atoms with van der Waals surface area (Å²) in [5.74, 6) is -0.314. The van der Waals surface area contributed by atoms with Gasteiger partial charge >= 0.3 is 0 Å². The van der Waals surface area contributed by atoms with E-state index in [4.69, 9.17) is 10.5 Å². The largest absolute Gasteiger partial charge is 0.366 e. The van der Waals surface area contributed by atoms with Crippen LogP contribution in [0.4, 0.5) is 0 Å². The Morgan fingerprint density at radius 1 is 1.17 bits per heavy atom. The van der Waals surface area contributed by atoms with Gasteiger partial charge in [-0.15, -0.1) is 0 Å². The normalized spacial score (nSPS) is 29.9. The zero-order valence-corrected chi connectivity index (χ0v) is 16.9. The summed E-state index contributed by atoms with van der Waals surface area (Å²) in [5, 5.41) is 0. The van der Waals surface area contributed by atoms with Crippen molar-refractivity contribution in [3.05, 3.63) is 59.4 Å². The number of benzene rings is 1. The van der Waals surface area contributed by atoms with Crippen LogP contribution in [0.5, 0.6) is 0 Å². The Kier molecular flexibility index (Phi) is 5.16. The van der Waals surface area contributed by atoms with Crippen LogP contribution in [0.15, 0.2) is 53.9 Å². The minimum atomic E-state index is -0.314. The van der Waals surface area contributed by atoms with Gasteiger partial charge in [-0.25, -0.2) is 0 Å². The van der Waals surface area contributed by atoms with E-state index in [9.17, 15) is 4.79 Å². The number of piperazine rings is 1. The smallest absolute Gasteiger partial charge is 0.246 e. The lowest BCUT2D eigenvalue weighted by Gasteiger charge is -2.57. The molecule has 3 saturated heterocycles. The van der Waals surface area contributed by atoms with Crippen LogP contribution < -0.4 is 5.73 Å². The van der Waals surface area contributed by atoms with Crippen LogP contribution >= 0.6 is 0 Å². The van der Waals surface area contributed by atoms with E-state index in [1.807, 2.05) is 12.3 Å². The lowest BCUT2D eigenvalue weighted by Crippen LogP contribution is -2.68. The van der Waals surface area contributed by atoms with Gasteiger partial charge in [0.15, 0.2) is 0 Å². The summed E-state index contributed by atoms with van der Waals surface area (Å²) in [6.07, 6.45) is 10.0. The molecule has 6 heteroatoms. The minimum Gasteiger partial charge on any atom is -0.366 e. The molecular weight excluding hydrogens is 364 g/mol. The van der Waals surface area contributed by atoms with E-state index in [0.29, 0.717) is 30.8 Å². The summed E-state index contributed by atoms with van der Waals surface area (Å²) in [6, 6.07) is 11.0. The van der Waals surface area contributed by atoms with Gasteiger partial charge in [-0.2, -0.15) is 0 Å². The number of ether oxygens (including phenoxy) is 1. The number of nitrogens with two attached hydrogens (primary N) is 1. The first kappa shape index (κ1) is 18.9. The van der Waals surface area contributed by atoms with E-state index >= 15 is 0 Å². The molecule has 6 nitrogen and oxygen atoms in total. The maximum Gasteiger partial charge on any atom is 0.246 e. The van der Waals surface area contributed by atoms with Crippen LogP contribution in [-0.4, -0.2) is 58.7 Å². The van der Waals surface area contributed by atoms with Gasteiger partial charge in [-0.1, -0.05) is 36.4 Å². The van der Waals surface area contributed by atoms with E-state index in [2.05, 4.69) is 45.0 Å². The average molecular weight is 395 g/mol. The van der Waals surface area contributed by atoms with Gasteiger partial charge in [0.05, 0.1) is 19.3 Å². The second kappa shape index (κ2) is 7.94. The van der Waals surface area contributed by atoms with Crippen LogP contribution in [0.1, 0.15) is 37.7 Å². The Morgan fingerprint density at radius 3 is 2.86 bits per heavy atom. The maximum absolute atomic E-state index is 11.7. The third-order valence-corrected chi connectivity index (χ3v) is 6.82. The molecule has 4 aliphatic rings. The van der Waals surface area contributed by atoms with Crippen molar-refractivity contribution in [2.24, 2.45) is 5.73 Å². The summed E-state index contributed by atoms with van der Waals surface area (Å²) in [5.41, 5.74) is 8.76. The van der Waals surface area contributed by atoms with E-state index in [1.54, 1.807) is 0 Å². The van der Waals surface area contributed by atoms with Gasteiger partial charge in [0.25, 0.3) is 0 Å². The molecule has 1 aromatic carbocycles. The van der Waals surface area contributed by atoms with Crippen molar-refractivity contribution in [3.63, 3.8) is 0 Å². The standard InChI is InChI=1S/C23H30N4O2/c24-23(28)18-9-10-20-14-25-12-11-19-7-4-8-22(27(19)21(25)15-26(20)13-18)29-16-17-5-2-1-3-6-17/h1-3,5-6,10,13,19,21-22H,4,7-9,11-12,14-16H2,(H2,24,28). The van der Waals surface area contributed by atoms with Crippen LogP contribution in [0.25, 0.3) is 0 Å². The van der Waals surface area contributed by atoms with Gasteiger partial charge in [0, 0.05) is 36.6 Å². The van der Waals surface area contributed by atoms with Crippen molar-refractivity contribution in [2.75, 3.05) is 19.6 Å². The Labute approximate surface area is 172 Å². The Balaban J connectivity index is 1.34. The average Bonchev–Trinajstić information content (AvgIpc) is 2.76. The van der Waals surface area contributed by atoms with Crippen molar-refractivity contribution in [1.82, 2.24) is 14.7 Å². The number of nitrogens with zero attached hydrogens (tertiary/aromatic N) is 3. The second-order valence-corrected chi connectivity index (χ2v) is 8.59. The Hall–Kier alpha value is -2.15. The number of fused-ring (bicyclic) bond motifs is 4. The second-order valence-electron chi connectivity index (χ2n) is 8.59. The van der Waals surface area contributed by atoms with Crippen LogP contribution in [-0.2, 0) is 16.1 Å². The molecule has 29 heavy (non-hydrogen) atoms. The number of carbonyl (C=O) groups excluding carboxylic acids is 1. The monoisotopic (exact) mass is 394 g/mol. The molecule has 3 fully saturated rings. The molecule has 0 aromatic heterocycles. The molecule has 0 bridgehead atoms. The zero-order valence-electron chi connectivity index (χ0n) is 16.9. The number of rotatable bonds is 4. The molecule has 3 atom stereocenters. The number of hydrogen-bond acceptors (Lipinski definition) is 5. The van der Waals surface area contributed by atoms with Crippen molar-refractivity contribution in [3.8, 4) is 0 Å². The maximum atomic E-state index is 11.7. The summed E-state index contributed by atoms with van der Waals surface area (Å²) in [4.78, 5) is 19.1. The van der Waals surface area contributed by atoms with Gasteiger partial charge in [-0.05, 0) is 37.7 Å². The summed E-state index contributed by atoms with van der Waals surface area (Å²) >= 11 is 0. The topological polar surface area (TPSA) is 62.0 Å². The number of hydrogen-bond donors (Lipinski definition) is 1. The molecule has 0 aliphatic carbocycles. The van der Waals surface area contributed by atoms with Crippen molar-refractivity contribution in [1.29, 1.82) is 0 Å². The third kappa shape index (κ3) is 3.72. The van der Waals surface area contributed by atoms with Crippen LogP contribution in [0.2, 0.25) is 0 Å². The molecule has 4 heterocycles. The van der Waals surface area contributed by atoms with Gasteiger partial charge in [0.1, 0.15) is 6.23 Å². The minimum absolute atomic E-state index is 0.150. The highest BCUT2D eigenvalue weighted by atomic mass is 16.5. The van der Waals surface area contributed by atoms with Gasteiger partial charge in [-0.3, -0.25) is 14.6 Å². The summed E-state index contributed by atoms with van der Waals surface area (Å²) < 4.78 is 6.46. The molecule has 1 amide bonds. The highest BCUT2D eigenvalue weighted by Gasteiger charge is 2.45. The fourth-order valence-corrected chi connectivity index (χ4v) is 5.32. The first-order chi connectivity index (χ1) is 14.2. The highest BCUT2D eigenvalue weighted by molar-refractivity contribution is 5.92. The first-order valence-electron chi connectivity index (χ1n) is 10.8. The molecular formula is C23H30N4O2. The van der Waals surface area contributed by atoms with Gasteiger partial charge in [0.2, 0.25) is 5.91 Å². The first-order valence-corrected chi connectivity index (χ1v) is 10.8. The molecule has 0 radical (unpaired) electrons. The van der Waals surface area contributed by atoms with E-state index in [-0.39, 0.29) is 12.1 Å². The molecule has 3 unspecified atom stereocenters. The fraction of sp³-hybridized carbons (Fsp3) is 0.522. The quantitative estimate of drug-likeness (QED) is 0.850. The van der Waals surface area contributed by atoms with Crippen molar-refractivity contribution < 1.29 is 9.53 Å². The lowest BCUT2D eigenvalue weighted by molar-refractivity contribution is -0.184. The number of amides is 1. The fourth-order valence-electron chi connectivity index (χ4n) is 5.32. The number of piperidine rings is 1. The molecule has 2 N–H and O–H groups in total. The number of primary amides is 1. The molecule has 5 rings (SSSR count). The SMILES string of the molecule is NC(=O)C1=CN2CC3N(CCC4CCCC(OCc5ccccc5)N43)CC2=CC1. The Morgan fingerprint density at radius 2 is 2.03 bits per heavy atom. The summed E-state index contributed by atoms with van der Waals surface area (Å²) in [7, 11) is 0. The molecule has 154 valence electrons. The van der Waals surface area contributed by atoms with Gasteiger partial charge < -0.3 is 15.4 Å².